The van der Waals surface area contributed by atoms with Gasteiger partial charge in [0.1, 0.15) is 0 Å². The number of nitrogens with zero attached hydrogens (tertiary/aromatic N) is 2. The first-order valence-electron chi connectivity index (χ1n) is 7.00. The van der Waals surface area contributed by atoms with Crippen LogP contribution < -0.4 is 5.73 Å². The molecular formula is C14H23N3. The molecule has 0 saturated heterocycles. The van der Waals surface area contributed by atoms with Crippen LogP contribution in [0, 0.1) is 17.8 Å². The van der Waals surface area contributed by atoms with Crippen molar-refractivity contribution in [1.29, 1.82) is 0 Å². The normalized spacial score (nSPS) is 33.2. The lowest BCUT2D eigenvalue weighted by Gasteiger charge is -2.11. The van der Waals surface area contributed by atoms with Gasteiger partial charge in [-0.3, -0.25) is 4.68 Å². The first-order valence-corrected chi connectivity index (χ1v) is 7.00. The fourth-order valence-corrected chi connectivity index (χ4v) is 3.84. The molecule has 3 heteroatoms. The Hall–Kier alpha value is -0.830. The highest BCUT2D eigenvalue weighted by Crippen LogP contribution is 2.57. The molecule has 1 aromatic heterocycles. The van der Waals surface area contributed by atoms with E-state index in [1.807, 2.05) is 17.9 Å². The van der Waals surface area contributed by atoms with E-state index in [-0.39, 0.29) is 0 Å². The highest BCUT2D eigenvalue weighted by Gasteiger charge is 2.52. The van der Waals surface area contributed by atoms with Crippen LogP contribution in [0.3, 0.4) is 0 Å². The number of rotatable bonds is 4. The van der Waals surface area contributed by atoms with Gasteiger partial charge in [0.2, 0.25) is 0 Å². The zero-order valence-electron chi connectivity index (χ0n) is 10.7. The Morgan fingerprint density at radius 1 is 1.41 bits per heavy atom. The summed E-state index contributed by atoms with van der Waals surface area (Å²) in [6, 6.07) is 2.52. The molecule has 2 aliphatic rings. The first kappa shape index (κ1) is 11.3. The molecule has 0 aliphatic heterocycles. The summed E-state index contributed by atoms with van der Waals surface area (Å²) in [7, 11) is 2.01. The molecule has 0 radical (unpaired) electrons. The predicted molar refractivity (Wildman–Crippen MR) is 68.4 cm³/mol. The van der Waals surface area contributed by atoms with Crippen LogP contribution >= 0.6 is 0 Å². The third-order valence-corrected chi connectivity index (χ3v) is 4.87. The molecule has 94 valence electrons. The molecule has 0 bridgehead atoms. The van der Waals surface area contributed by atoms with Crippen LogP contribution in [0.25, 0.3) is 0 Å². The predicted octanol–water partition coefficient (Wildman–Crippen LogP) is 2.12. The Balaban J connectivity index is 1.51. The molecule has 2 aliphatic carbocycles. The minimum Gasteiger partial charge on any atom is -0.327 e. The topological polar surface area (TPSA) is 43.8 Å². The molecule has 0 spiro atoms. The van der Waals surface area contributed by atoms with E-state index in [9.17, 15) is 0 Å². The summed E-state index contributed by atoms with van der Waals surface area (Å²) in [6.45, 7) is 0. The van der Waals surface area contributed by atoms with Crippen LogP contribution in [0.4, 0.5) is 0 Å². The molecule has 17 heavy (non-hydrogen) atoms. The van der Waals surface area contributed by atoms with E-state index in [0.29, 0.717) is 6.04 Å². The fraction of sp³-hybridized carbons (Fsp3) is 0.786. The number of aryl methyl sites for hydroxylation is 2. The molecule has 3 unspecified atom stereocenters. The van der Waals surface area contributed by atoms with E-state index in [1.165, 1.54) is 31.4 Å². The van der Waals surface area contributed by atoms with Gasteiger partial charge in [0.15, 0.2) is 0 Å². The van der Waals surface area contributed by atoms with E-state index >= 15 is 0 Å². The fourth-order valence-electron chi connectivity index (χ4n) is 3.84. The monoisotopic (exact) mass is 233 g/mol. The van der Waals surface area contributed by atoms with Gasteiger partial charge in [0, 0.05) is 25.0 Å². The third kappa shape index (κ3) is 2.13. The van der Waals surface area contributed by atoms with Crippen LogP contribution in [-0.2, 0) is 13.5 Å². The molecule has 1 heterocycles. The summed E-state index contributed by atoms with van der Waals surface area (Å²) in [4.78, 5) is 0. The average molecular weight is 233 g/mol. The average Bonchev–Trinajstić information content (AvgIpc) is 2.94. The maximum Gasteiger partial charge on any atom is 0.0492 e. The Morgan fingerprint density at radius 3 is 2.71 bits per heavy atom. The lowest BCUT2D eigenvalue weighted by atomic mass is 10.0. The number of nitrogens with two attached hydrogens (primary N) is 1. The van der Waals surface area contributed by atoms with Crippen molar-refractivity contribution in [3.8, 4) is 0 Å². The first-order chi connectivity index (χ1) is 8.27. The second-order valence-electron chi connectivity index (χ2n) is 5.84. The minimum absolute atomic E-state index is 0.415. The summed E-state index contributed by atoms with van der Waals surface area (Å²) in [6.07, 6.45) is 9.82. The van der Waals surface area contributed by atoms with Gasteiger partial charge in [-0.15, -0.1) is 0 Å². The summed E-state index contributed by atoms with van der Waals surface area (Å²) in [5.74, 6) is 2.79. The Labute approximate surface area is 103 Å². The van der Waals surface area contributed by atoms with Crippen molar-refractivity contribution in [2.24, 2.45) is 30.5 Å². The molecule has 3 rings (SSSR count). The van der Waals surface area contributed by atoms with Gasteiger partial charge in [-0.25, -0.2) is 0 Å². The van der Waals surface area contributed by atoms with Crippen molar-refractivity contribution in [1.82, 2.24) is 9.78 Å². The number of fused-ring (bicyclic) bond motifs is 1. The second-order valence-corrected chi connectivity index (χ2v) is 5.84. The van der Waals surface area contributed by atoms with Crippen LogP contribution in [0.2, 0.25) is 0 Å². The minimum atomic E-state index is 0.415. The second kappa shape index (κ2) is 4.45. The van der Waals surface area contributed by atoms with Gasteiger partial charge in [-0.2, -0.15) is 5.10 Å². The summed E-state index contributed by atoms with van der Waals surface area (Å²) in [5, 5.41) is 4.20. The van der Waals surface area contributed by atoms with E-state index in [4.69, 9.17) is 5.73 Å². The lowest BCUT2D eigenvalue weighted by Crippen LogP contribution is -2.25. The standard InChI is InChI=1S/C14H23N3/c1-17-10(8-9-16-17)6-7-13(15)14-11-4-2-3-5-12(11)14/h8-9,11-14H,2-7,15H2,1H3. The van der Waals surface area contributed by atoms with E-state index in [1.54, 1.807) is 0 Å². The van der Waals surface area contributed by atoms with E-state index < -0.39 is 0 Å². The van der Waals surface area contributed by atoms with Gasteiger partial charge >= 0.3 is 0 Å². The molecule has 2 fully saturated rings. The largest absolute Gasteiger partial charge is 0.327 e. The molecule has 3 atom stereocenters. The molecule has 2 saturated carbocycles. The zero-order chi connectivity index (χ0) is 11.8. The highest BCUT2D eigenvalue weighted by atomic mass is 15.2. The van der Waals surface area contributed by atoms with Gasteiger partial charge in [0.05, 0.1) is 0 Å². The van der Waals surface area contributed by atoms with E-state index in [0.717, 1.165) is 30.6 Å². The lowest BCUT2D eigenvalue weighted by molar-refractivity contribution is 0.480. The van der Waals surface area contributed by atoms with Gasteiger partial charge in [-0.1, -0.05) is 12.8 Å². The Morgan fingerprint density at radius 2 is 2.12 bits per heavy atom. The van der Waals surface area contributed by atoms with Gasteiger partial charge < -0.3 is 5.73 Å². The Bertz CT molecular complexity index is 373. The number of aromatic nitrogens is 2. The molecule has 0 aromatic carbocycles. The van der Waals surface area contributed by atoms with Crippen molar-refractivity contribution in [2.45, 2.75) is 44.6 Å². The molecular weight excluding hydrogens is 210 g/mol. The van der Waals surface area contributed by atoms with Crippen molar-refractivity contribution in [3.05, 3.63) is 18.0 Å². The maximum atomic E-state index is 6.38. The summed E-state index contributed by atoms with van der Waals surface area (Å²) < 4.78 is 1.96. The maximum absolute atomic E-state index is 6.38. The van der Waals surface area contributed by atoms with Crippen molar-refractivity contribution < 1.29 is 0 Å². The van der Waals surface area contributed by atoms with Gasteiger partial charge in [0.25, 0.3) is 0 Å². The van der Waals surface area contributed by atoms with Crippen molar-refractivity contribution in [3.63, 3.8) is 0 Å². The molecule has 2 N–H and O–H groups in total. The summed E-state index contributed by atoms with van der Waals surface area (Å²) in [5.41, 5.74) is 7.69. The van der Waals surface area contributed by atoms with Crippen LogP contribution in [-0.4, -0.2) is 15.8 Å². The van der Waals surface area contributed by atoms with Crippen LogP contribution in [0.1, 0.15) is 37.8 Å². The Kier molecular flexibility index (Phi) is 2.95. The van der Waals surface area contributed by atoms with Gasteiger partial charge in [-0.05, 0) is 49.5 Å². The number of hydrogen-bond donors (Lipinski definition) is 1. The molecule has 3 nitrogen and oxygen atoms in total. The van der Waals surface area contributed by atoms with Crippen LogP contribution in [0.5, 0.6) is 0 Å². The number of hydrogen-bond acceptors (Lipinski definition) is 2. The van der Waals surface area contributed by atoms with E-state index in [2.05, 4.69) is 11.2 Å². The van der Waals surface area contributed by atoms with Crippen molar-refractivity contribution >= 4 is 0 Å². The summed E-state index contributed by atoms with van der Waals surface area (Å²) >= 11 is 0. The quantitative estimate of drug-likeness (QED) is 0.865. The van der Waals surface area contributed by atoms with Crippen molar-refractivity contribution in [2.75, 3.05) is 0 Å². The smallest absolute Gasteiger partial charge is 0.0492 e. The highest BCUT2D eigenvalue weighted by molar-refractivity contribution is 5.06. The molecule has 1 aromatic rings. The molecule has 0 amide bonds. The zero-order valence-corrected chi connectivity index (χ0v) is 10.7. The van der Waals surface area contributed by atoms with Crippen LogP contribution in [0.15, 0.2) is 12.3 Å². The SMILES string of the molecule is Cn1nccc1CCC(N)C1C2CCCCC21. The third-order valence-electron chi connectivity index (χ3n) is 4.87.